The van der Waals surface area contributed by atoms with Crippen molar-refractivity contribution in [3.8, 4) is 0 Å². The molecule has 0 atom stereocenters. The first-order chi connectivity index (χ1) is 14.6. The Kier molecular flexibility index (Phi) is 7.04. The van der Waals surface area contributed by atoms with E-state index in [1.165, 1.54) is 22.7 Å². The number of H-pyrrole nitrogens is 1. The van der Waals surface area contributed by atoms with Gasteiger partial charge in [-0.3, -0.25) is 14.8 Å². The van der Waals surface area contributed by atoms with Crippen LogP contribution < -0.4 is 0 Å². The highest BCUT2D eigenvalue weighted by atomic mass is 35.5. The van der Waals surface area contributed by atoms with Crippen LogP contribution >= 0.6 is 34.7 Å². The molecular weight excluding hydrogens is 445 g/mol. The summed E-state index contributed by atoms with van der Waals surface area (Å²) < 4.78 is 14.0. The number of aromatic amines is 1. The van der Waals surface area contributed by atoms with Crippen LogP contribution in [0.1, 0.15) is 16.3 Å². The highest BCUT2D eigenvalue weighted by Gasteiger charge is 2.23. The van der Waals surface area contributed by atoms with Crippen LogP contribution in [0, 0.1) is 5.82 Å². The van der Waals surface area contributed by atoms with Crippen molar-refractivity contribution in [2.45, 2.75) is 18.1 Å². The first-order valence-corrected chi connectivity index (χ1v) is 11.8. The lowest BCUT2D eigenvalue weighted by molar-refractivity contribution is -0.130. The Bertz CT molecular complexity index is 969. The van der Waals surface area contributed by atoms with Crippen LogP contribution in [-0.2, 0) is 17.8 Å². The predicted octanol–water partition coefficient (Wildman–Crippen LogP) is 3.69. The first kappa shape index (κ1) is 21.3. The fourth-order valence-electron chi connectivity index (χ4n) is 3.28. The van der Waals surface area contributed by atoms with Gasteiger partial charge in [0.15, 0.2) is 0 Å². The van der Waals surface area contributed by atoms with Crippen LogP contribution in [0.3, 0.4) is 0 Å². The summed E-state index contributed by atoms with van der Waals surface area (Å²) in [5.41, 5.74) is 0.512. The lowest BCUT2D eigenvalue weighted by Crippen LogP contribution is -2.48. The summed E-state index contributed by atoms with van der Waals surface area (Å²) in [5, 5.41) is 10.2. The Morgan fingerprint density at radius 3 is 2.80 bits per heavy atom. The standard InChI is InChI=1S/C20H21ClFN5OS2/c21-16-4-1-5-17(22)15(16)12-26-6-8-27(9-7-26)19(28)13-30-20-23-18(24-25-20)11-14-3-2-10-29-14/h1-5,10H,6-9,11-13H2,(H,23,24,25). The number of carbonyl (C=O) groups is 1. The molecule has 1 saturated heterocycles. The summed E-state index contributed by atoms with van der Waals surface area (Å²) in [7, 11) is 0. The van der Waals surface area contributed by atoms with Gasteiger partial charge in [-0.25, -0.2) is 9.37 Å². The molecule has 0 aliphatic carbocycles. The zero-order chi connectivity index (χ0) is 20.9. The Morgan fingerprint density at radius 2 is 2.07 bits per heavy atom. The van der Waals surface area contributed by atoms with Gasteiger partial charge in [0.2, 0.25) is 11.1 Å². The summed E-state index contributed by atoms with van der Waals surface area (Å²) in [5.74, 6) is 0.874. The van der Waals surface area contributed by atoms with E-state index in [1.54, 1.807) is 23.5 Å². The van der Waals surface area contributed by atoms with Gasteiger partial charge in [-0.15, -0.1) is 16.4 Å². The second-order valence-corrected chi connectivity index (χ2v) is 9.35. The van der Waals surface area contributed by atoms with E-state index in [9.17, 15) is 9.18 Å². The molecule has 3 aromatic rings. The molecule has 30 heavy (non-hydrogen) atoms. The molecule has 1 fully saturated rings. The van der Waals surface area contributed by atoms with Crippen molar-refractivity contribution in [1.82, 2.24) is 25.0 Å². The topological polar surface area (TPSA) is 65.1 Å². The van der Waals surface area contributed by atoms with E-state index < -0.39 is 0 Å². The molecule has 158 valence electrons. The fourth-order valence-corrected chi connectivity index (χ4v) is 4.93. The molecule has 0 saturated carbocycles. The molecule has 0 unspecified atom stereocenters. The summed E-state index contributed by atoms with van der Waals surface area (Å²) in [6, 6.07) is 8.80. The minimum Gasteiger partial charge on any atom is -0.339 e. The van der Waals surface area contributed by atoms with E-state index in [-0.39, 0.29) is 11.7 Å². The SMILES string of the molecule is O=C(CSc1n[nH]c(Cc2cccs2)n1)N1CCN(Cc2c(F)cccc2Cl)CC1. The number of thiophene rings is 1. The number of aromatic nitrogens is 3. The van der Waals surface area contributed by atoms with Gasteiger partial charge in [0.25, 0.3) is 0 Å². The maximum absolute atomic E-state index is 14.0. The molecular formula is C20H21ClFN5OS2. The smallest absolute Gasteiger partial charge is 0.233 e. The van der Waals surface area contributed by atoms with Crippen LogP contribution in [0.15, 0.2) is 40.9 Å². The maximum atomic E-state index is 14.0. The molecule has 0 spiro atoms. The molecule has 1 aliphatic heterocycles. The van der Waals surface area contributed by atoms with Gasteiger partial charge in [-0.1, -0.05) is 35.5 Å². The number of amides is 1. The minimum absolute atomic E-state index is 0.0631. The number of nitrogens with zero attached hydrogens (tertiary/aromatic N) is 4. The number of carbonyl (C=O) groups excluding carboxylic acids is 1. The van der Waals surface area contributed by atoms with Gasteiger partial charge in [0.05, 0.1) is 5.75 Å². The molecule has 1 amide bonds. The van der Waals surface area contributed by atoms with E-state index in [4.69, 9.17) is 11.6 Å². The van der Waals surface area contributed by atoms with Gasteiger partial charge in [0.1, 0.15) is 11.6 Å². The summed E-state index contributed by atoms with van der Waals surface area (Å²) in [4.78, 5) is 22.2. The zero-order valence-corrected chi connectivity index (χ0v) is 18.6. The molecule has 10 heteroatoms. The van der Waals surface area contributed by atoms with Gasteiger partial charge in [-0.2, -0.15) is 0 Å². The van der Waals surface area contributed by atoms with E-state index in [0.717, 1.165) is 5.82 Å². The average molecular weight is 466 g/mol. The summed E-state index contributed by atoms with van der Waals surface area (Å²) in [6.45, 7) is 3.05. The van der Waals surface area contributed by atoms with Gasteiger partial charge in [-0.05, 0) is 23.6 Å². The number of benzene rings is 1. The number of rotatable bonds is 7. The van der Waals surface area contributed by atoms with E-state index in [2.05, 4.69) is 26.1 Å². The third-order valence-corrected chi connectivity index (χ3v) is 6.99. The summed E-state index contributed by atoms with van der Waals surface area (Å²) >= 11 is 9.14. The number of hydrogen-bond acceptors (Lipinski definition) is 6. The molecule has 1 N–H and O–H groups in total. The van der Waals surface area contributed by atoms with E-state index in [1.807, 2.05) is 16.3 Å². The molecule has 3 heterocycles. The third-order valence-electron chi connectivity index (χ3n) is 4.93. The lowest BCUT2D eigenvalue weighted by Gasteiger charge is -2.34. The van der Waals surface area contributed by atoms with Crippen molar-refractivity contribution in [2.75, 3.05) is 31.9 Å². The van der Waals surface area contributed by atoms with Crippen molar-refractivity contribution in [2.24, 2.45) is 0 Å². The lowest BCUT2D eigenvalue weighted by atomic mass is 10.2. The largest absolute Gasteiger partial charge is 0.339 e. The van der Waals surface area contributed by atoms with Crippen LogP contribution in [0.2, 0.25) is 5.02 Å². The fraction of sp³-hybridized carbons (Fsp3) is 0.350. The van der Waals surface area contributed by atoms with Crippen LogP contribution in [-0.4, -0.2) is 62.8 Å². The summed E-state index contributed by atoms with van der Waals surface area (Å²) in [6.07, 6.45) is 0.715. The van der Waals surface area contributed by atoms with E-state index >= 15 is 0 Å². The number of nitrogens with one attached hydrogen (secondary N) is 1. The van der Waals surface area contributed by atoms with Crippen LogP contribution in [0.25, 0.3) is 0 Å². The number of hydrogen-bond donors (Lipinski definition) is 1. The Labute approximate surface area is 187 Å². The van der Waals surface area contributed by atoms with Gasteiger partial charge < -0.3 is 4.90 Å². The van der Waals surface area contributed by atoms with Gasteiger partial charge in [0, 0.05) is 54.6 Å². The van der Waals surface area contributed by atoms with Crippen molar-refractivity contribution >= 4 is 40.6 Å². The molecule has 1 aromatic carbocycles. The second kappa shape index (κ2) is 9.91. The van der Waals surface area contributed by atoms with Crippen LogP contribution in [0.4, 0.5) is 4.39 Å². The zero-order valence-electron chi connectivity index (χ0n) is 16.2. The Morgan fingerprint density at radius 1 is 1.23 bits per heavy atom. The highest BCUT2D eigenvalue weighted by Crippen LogP contribution is 2.22. The van der Waals surface area contributed by atoms with Crippen molar-refractivity contribution in [3.05, 3.63) is 62.8 Å². The van der Waals surface area contributed by atoms with Crippen molar-refractivity contribution in [3.63, 3.8) is 0 Å². The minimum atomic E-state index is -0.289. The second-order valence-electron chi connectivity index (χ2n) is 6.97. The highest BCUT2D eigenvalue weighted by molar-refractivity contribution is 7.99. The molecule has 0 bridgehead atoms. The van der Waals surface area contributed by atoms with E-state index in [0.29, 0.717) is 60.6 Å². The monoisotopic (exact) mass is 465 g/mol. The molecule has 0 radical (unpaired) electrons. The average Bonchev–Trinajstić information content (AvgIpc) is 3.42. The molecule has 2 aromatic heterocycles. The predicted molar refractivity (Wildman–Crippen MR) is 117 cm³/mol. The molecule has 1 aliphatic rings. The number of piperazine rings is 1. The van der Waals surface area contributed by atoms with Crippen molar-refractivity contribution in [1.29, 1.82) is 0 Å². The maximum Gasteiger partial charge on any atom is 0.233 e. The Balaban J connectivity index is 1.22. The molecule has 6 nitrogen and oxygen atoms in total. The van der Waals surface area contributed by atoms with Gasteiger partial charge >= 0.3 is 0 Å². The van der Waals surface area contributed by atoms with Crippen molar-refractivity contribution < 1.29 is 9.18 Å². The quantitative estimate of drug-likeness (QED) is 0.539. The number of halogens is 2. The first-order valence-electron chi connectivity index (χ1n) is 9.58. The normalized spacial score (nSPS) is 14.9. The molecule has 4 rings (SSSR count). The van der Waals surface area contributed by atoms with Crippen LogP contribution in [0.5, 0.6) is 0 Å². The number of thioether (sulfide) groups is 1. The Hall–Kier alpha value is -1.94. The third kappa shape index (κ3) is 5.40.